The van der Waals surface area contributed by atoms with Gasteiger partial charge in [-0.1, -0.05) is 13.0 Å². The maximum Gasteiger partial charge on any atom is 0.217 e. The van der Waals surface area contributed by atoms with Crippen LogP contribution in [0.2, 0.25) is 0 Å². The van der Waals surface area contributed by atoms with Crippen molar-refractivity contribution in [1.82, 2.24) is 10.3 Å². The molecule has 0 saturated carbocycles. The van der Waals surface area contributed by atoms with Crippen LogP contribution in [0.5, 0.6) is 5.88 Å². The fourth-order valence-corrected chi connectivity index (χ4v) is 2.23. The average Bonchev–Trinajstić information content (AvgIpc) is 2.30. The van der Waals surface area contributed by atoms with Crippen molar-refractivity contribution in [3.63, 3.8) is 0 Å². The lowest BCUT2D eigenvalue weighted by atomic mass is 10.2. The zero-order chi connectivity index (χ0) is 11.8. The van der Waals surface area contributed by atoms with Crippen molar-refractivity contribution in [1.29, 1.82) is 0 Å². The Balaban J connectivity index is 2.36. The van der Waals surface area contributed by atoms with E-state index in [9.17, 15) is 0 Å². The first-order valence-electron chi connectivity index (χ1n) is 5.45. The molecule has 0 saturated heterocycles. The van der Waals surface area contributed by atoms with Gasteiger partial charge in [0.15, 0.2) is 0 Å². The smallest absolute Gasteiger partial charge is 0.217 e. The summed E-state index contributed by atoms with van der Waals surface area (Å²) in [6.07, 6.45) is 3.89. The van der Waals surface area contributed by atoms with Crippen LogP contribution in [0.25, 0.3) is 0 Å². The van der Waals surface area contributed by atoms with Gasteiger partial charge in [-0.05, 0) is 30.5 Å². The van der Waals surface area contributed by atoms with E-state index in [0.717, 1.165) is 18.7 Å². The predicted octanol–water partition coefficient (Wildman–Crippen LogP) is 2.18. The van der Waals surface area contributed by atoms with E-state index in [-0.39, 0.29) is 0 Å². The van der Waals surface area contributed by atoms with Crippen molar-refractivity contribution in [3.05, 3.63) is 23.9 Å². The Hall–Kier alpha value is -0.740. The van der Waals surface area contributed by atoms with E-state index in [4.69, 9.17) is 4.74 Å². The summed E-state index contributed by atoms with van der Waals surface area (Å²) in [7, 11) is 1.65. The van der Waals surface area contributed by atoms with Gasteiger partial charge in [0.25, 0.3) is 0 Å². The maximum absolute atomic E-state index is 5.20. The lowest BCUT2D eigenvalue weighted by Gasteiger charge is -2.12. The standard InChI is InChI=1S/C12H20N2OS/c1-10(9-16-3)7-13-8-11-5-4-6-14-12(11)15-2/h4-6,10,13H,7-9H2,1-3H3. The van der Waals surface area contributed by atoms with Crippen LogP contribution in [0, 0.1) is 5.92 Å². The highest BCUT2D eigenvalue weighted by Gasteiger charge is 2.04. The normalized spacial score (nSPS) is 12.4. The van der Waals surface area contributed by atoms with Gasteiger partial charge in [0.05, 0.1) is 7.11 Å². The zero-order valence-electron chi connectivity index (χ0n) is 10.2. The second kappa shape index (κ2) is 7.52. The number of methoxy groups -OCH3 is 1. The molecular formula is C12H20N2OS. The van der Waals surface area contributed by atoms with Crippen LogP contribution in [0.3, 0.4) is 0 Å². The molecular weight excluding hydrogens is 220 g/mol. The molecule has 1 aromatic rings. The monoisotopic (exact) mass is 240 g/mol. The molecule has 1 N–H and O–H groups in total. The summed E-state index contributed by atoms with van der Waals surface area (Å²) >= 11 is 1.89. The first kappa shape index (κ1) is 13.3. The molecule has 1 rings (SSSR count). The molecule has 0 aromatic carbocycles. The Morgan fingerprint density at radius 1 is 1.56 bits per heavy atom. The van der Waals surface area contributed by atoms with Gasteiger partial charge in [0.1, 0.15) is 0 Å². The Bertz CT molecular complexity index is 307. The summed E-state index contributed by atoms with van der Waals surface area (Å²) < 4.78 is 5.20. The number of pyridine rings is 1. The summed E-state index contributed by atoms with van der Waals surface area (Å²) in [5.74, 6) is 2.60. The first-order valence-corrected chi connectivity index (χ1v) is 6.84. The number of ether oxygens (including phenoxy) is 1. The lowest BCUT2D eigenvalue weighted by molar-refractivity contribution is 0.390. The number of hydrogen-bond acceptors (Lipinski definition) is 4. The van der Waals surface area contributed by atoms with Crippen LogP contribution < -0.4 is 10.1 Å². The van der Waals surface area contributed by atoms with E-state index in [1.807, 2.05) is 23.9 Å². The number of nitrogens with zero attached hydrogens (tertiary/aromatic N) is 1. The molecule has 0 aliphatic carbocycles. The molecule has 90 valence electrons. The fraction of sp³-hybridized carbons (Fsp3) is 0.583. The number of aromatic nitrogens is 1. The minimum atomic E-state index is 0.692. The molecule has 1 heterocycles. The third-order valence-corrected chi connectivity index (χ3v) is 3.21. The zero-order valence-corrected chi connectivity index (χ0v) is 11.0. The van der Waals surface area contributed by atoms with E-state index in [0.29, 0.717) is 11.8 Å². The van der Waals surface area contributed by atoms with Gasteiger partial charge in [-0.3, -0.25) is 0 Å². The van der Waals surface area contributed by atoms with Gasteiger partial charge in [-0.2, -0.15) is 11.8 Å². The molecule has 0 spiro atoms. The highest BCUT2D eigenvalue weighted by atomic mass is 32.2. The van der Waals surface area contributed by atoms with Gasteiger partial charge >= 0.3 is 0 Å². The molecule has 1 aromatic heterocycles. The fourth-order valence-electron chi connectivity index (χ4n) is 1.54. The van der Waals surface area contributed by atoms with Crippen molar-refractivity contribution in [2.45, 2.75) is 13.5 Å². The summed E-state index contributed by atoms with van der Waals surface area (Å²) in [6, 6.07) is 3.98. The minimum absolute atomic E-state index is 0.692. The van der Waals surface area contributed by atoms with Gasteiger partial charge in [-0.25, -0.2) is 4.98 Å². The summed E-state index contributed by atoms with van der Waals surface area (Å²) in [6.45, 7) is 4.10. The van der Waals surface area contributed by atoms with E-state index in [1.165, 1.54) is 5.75 Å². The highest BCUT2D eigenvalue weighted by Crippen LogP contribution is 2.13. The van der Waals surface area contributed by atoms with Gasteiger partial charge in [0, 0.05) is 18.3 Å². The molecule has 0 radical (unpaired) electrons. The van der Waals surface area contributed by atoms with Crippen molar-refractivity contribution in [2.75, 3.05) is 25.7 Å². The quantitative estimate of drug-likeness (QED) is 0.792. The SMILES string of the molecule is COc1ncccc1CNCC(C)CSC. The van der Waals surface area contributed by atoms with E-state index in [1.54, 1.807) is 13.3 Å². The number of rotatable bonds is 7. The number of hydrogen-bond donors (Lipinski definition) is 1. The molecule has 0 fully saturated rings. The largest absolute Gasteiger partial charge is 0.481 e. The van der Waals surface area contributed by atoms with E-state index in [2.05, 4.69) is 23.5 Å². The van der Waals surface area contributed by atoms with Gasteiger partial charge in [-0.15, -0.1) is 0 Å². The number of nitrogens with one attached hydrogen (secondary N) is 1. The van der Waals surface area contributed by atoms with Crippen LogP contribution >= 0.6 is 11.8 Å². The second-order valence-corrected chi connectivity index (χ2v) is 4.77. The van der Waals surface area contributed by atoms with Crippen LogP contribution in [-0.4, -0.2) is 30.6 Å². The second-order valence-electron chi connectivity index (χ2n) is 3.86. The van der Waals surface area contributed by atoms with Crippen molar-refractivity contribution >= 4 is 11.8 Å². The molecule has 1 atom stereocenters. The number of thioether (sulfide) groups is 1. The molecule has 0 amide bonds. The minimum Gasteiger partial charge on any atom is -0.481 e. The van der Waals surface area contributed by atoms with Gasteiger partial charge in [0.2, 0.25) is 5.88 Å². The third-order valence-electron chi connectivity index (χ3n) is 2.30. The van der Waals surface area contributed by atoms with Crippen LogP contribution in [0.15, 0.2) is 18.3 Å². The Kier molecular flexibility index (Phi) is 6.26. The molecule has 1 unspecified atom stereocenters. The molecule has 4 heteroatoms. The maximum atomic E-state index is 5.20. The summed E-state index contributed by atoms with van der Waals surface area (Å²) in [5.41, 5.74) is 1.11. The van der Waals surface area contributed by atoms with Crippen LogP contribution in [-0.2, 0) is 6.54 Å². The molecule has 3 nitrogen and oxygen atoms in total. The van der Waals surface area contributed by atoms with Crippen molar-refractivity contribution in [2.24, 2.45) is 5.92 Å². The summed E-state index contributed by atoms with van der Waals surface area (Å²) in [5, 5.41) is 3.43. The average molecular weight is 240 g/mol. The van der Waals surface area contributed by atoms with Crippen LogP contribution in [0.4, 0.5) is 0 Å². The van der Waals surface area contributed by atoms with Crippen molar-refractivity contribution < 1.29 is 4.74 Å². The highest BCUT2D eigenvalue weighted by molar-refractivity contribution is 7.98. The molecule has 0 aliphatic rings. The molecule has 16 heavy (non-hydrogen) atoms. The molecule has 0 bridgehead atoms. The topological polar surface area (TPSA) is 34.1 Å². The lowest BCUT2D eigenvalue weighted by Crippen LogP contribution is -2.22. The van der Waals surface area contributed by atoms with E-state index >= 15 is 0 Å². The Morgan fingerprint density at radius 3 is 3.06 bits per heavy atom. The van der Waals surface area contributed by atoms with Crippen molar-refractivity contribution in [3.8, 4) is 5.88 Å². The summed E-state index contributed by atoms with van der Waals surface area (Å²) in [4.78, 5) is 4.16. The first-order chi connectivity index (χ1) is 7.77. The van der Waals surface area contributed by atoms with Gasteiger partial charge < -0.3 is 10.1 Å². The molecule has 0 aliphatic heterocycles. The third kappa shape index (κ3) is 4.41. The Morgan fingerprint density at radius 2 is 2.38 bits per heavy atom. The van der Waals surface area contributed by atoms with E-state index < -0.39 is 0 Å². The predicted molar refractivity (Wildman–Crippen MR) is 70.0 cm³/mol. The Labute approximate surface area is 102 Å². The van der Waals surface area contributed by atoms with Crippen LogP contribution in [0.1, 0.15) is 12.5 Å².